The Hall–Kier alpha value is -2.75. The van der Waals surface area contributed by atoms with Crippen LogP contribution in [0, 0.1) is 5.92 Å². The van der Waals surface area contributed by atoms with Crippen LogP contribution < -0.4 is 5.32 Å². The number of carbonyl (C=O) groups excluding carboxylic acids is 1. The highest BCUT2D eigenvalue weighted by Gasteiger charge is 2.40. The summed E-state index contributed by atoms with van der Waals surface area (Å²) in [5.41, 5.74) is 3.32. The fraction of sp³-hybridized carbons (Fsp3) is 0.250. The highest BCUT2D eigenvalue weighted by molar-refractivity contribution is 5.97. The van der Waals surface area contributed by atoms with Gasteiger partial charge in [0.1, 0.15) is 5.75 Å². The smallest absolute Gasteiger partial charge is 0.339 e. The molecule has 2 aromatic rings. The van der Waals surface area contributed by atoms with Crippen LogP contribution in [0.5, 0.6) is 5.75 Å². The van der Waals surface area contributed by atoms with E-state index in [9.17, 15) is 9.90 Å². The monoisotopic (exact) mass is 321 g/mol. The molecule has 0 saturated carbocycles. The summed E-state index contributed by atoms with van der Waals surface area (Å²) in [4.78, 5) is 12.2. The number of anilines is 1. The Bertz CT molecular complexity index is 827. The molecule has 24 heavy (non-hydrogen) atoms. The van der Waals surface area contributed by atoms with Crippen LogP contribution in [0.25, 0.3) is 0 Å². The molecule has 1 heterocycles. The minimum absolute atomic E-state index is 0.0514. The summed E-state index contributed by atoms with van der Waals surface area (Å²) in [6.07, 6.45) is 5.33. The van der Waals surface area contributed by atoms with Gasteiger partial charge in [0.2, 0.25) is 0 Å². The maximum Gasteiger partial charge on any atom is 0.339 e. The Balaban J connectivity index is 1.85. The lowest BCUT2D eigenvalue weighted by Crippen LogP contribution is -2.30. The van der Waals surface area contributed by atoms with E-state index in [1.165, 1.54) is 7.11 Å². The second kappa shape index (κ2) is 5.71. The third kappa shape index (κ3) is 2.18. The number of ether oxygens (including phenoxy) is 1. The topological polar surface area (TPSA) is 58.6 Å². The Morgan fingerprint density at radius 2 is 1.96 bits per heavy atom. The molecule has 1 aliphatic heterocycles. The summed E-state index contributed by atoms with van der Waals surface area (Å²) in [6, 6.07) is 13.1. The number of phenols is 1. The number of aromatic hydroxyl groups is 1. The maximum absolute atomic E-state index is 12.2. The van der Waals surface area contributed by atoms with Crippen molar-refractivity contribution in [1.82, 2.24) is 0 Å². The average Bonchev–Trinajstić information content (AvgIpc) is 3.10. The molecule has 0 aromatic heterocycles. The molecule has 0 saturated heterocycles. The second-order valence-corrected chi connectivity index (χ2v) is 6.30. The molecule has 0 fully saturated rings. The van der Waals surface area contributed by atoms with E-state index in [4.69, 9.17) is 4.74 Å². The molecule has 0 spiro atoms. The van der Waals surface area contributed by atoms with Crippen LogP contribution >= 0.6 is 0 Å². The molecule has 4 nitrogen and oxygen atoms in total. The molecule has 3 atom stereocenters. The van der Waals surface area contributed by atoms with E-state index < -0.39 is 0 Å². The zero-order valence-electron chi connectivity index (χ0n) is 13.4. The number of nitrogens with one attached hydrogen (secondary N) is 1. The van der Waals surface area contributed by atoms with Crippen LogP contribution in [0.1, 0.15) is 39.9 Å². The minimum atomic E-state index is -0.351. The molecule has 0 amide bonds. The van der Waals surface area contributed by atoms with E-state index in [1.807, 2.05) is 24.3 Å². The number of rotatable bonds is 2. The number of phenolic OH excluding ortho intramolecular Hbond substituents is 1. The first-order chi connectivity index (χ1) is 11.7. The Morgan fingerprint density at radius 3 is 2.75 bits per heavy atom. The van der Waals surface area contributed by atoms with Gasteiger partial charge in [-0.05, 0) is 30.0 Å². The molecular weight excluding hydrogens is 302 g/mol. The van der Waals surface area contributed by atoms with Gasteiger partial charge in [-0.15, -0.1) is 0 Å². The molecule has 2 aliphatic rings. The van der Waals surface area contributed by atoms with Gasteiger partial charge in [0.25, 0.3) is 0 Å². The van der Waals surface area contributed by atoms with Crippen molar-refractivity contribution in [3.63, 3.8) is 0 Å². The zero-order chi connectivity index (χ0) is 16.7. The summed E-state index contributed by atoms with van der Waals surface area (Å²) >= 11 is 0. The third-order valence-corrected chi connectivity index (χ3v) is 5.07. The molecule has 1 aliphatic carbocycles. The minimum Gasteiger partial charge on any atom is -0.508 e. The number of hydrogen-bond acceptors (Lipinski definition) is 4. The molecular formula is C20H19NO3. The number of methoxy groups -OCH3 is 1. The summed E-state index contributed by atoms with van der Waals surface area (Å²) in [5.74, 6) is 0.476. The summed E-state index contributed by atoms with van der Waals surface area (Å²) in [6.45, 7) is 0. The molecule has 3 unspecified atom stereocenters. The van der Waals surface area contributed by atoms with Gasteiger partial charge in [-0.25, -0.2) is 4.79 Å². The fourth-order valence-corrected chi connectivity index (χ4v) is 3.96. The summed E-state index contributed by atoms with van der Waals surface area (Å²) < 4.78 is 4.93. The fourth-order valence-electron chi connectivity index (χ4n) is 3.96. The van der Waals surface area contributed by atoms with Crippen molar-refractivity contribution in [2.24, 2.45) is 5.92 Å². The molecule has 4 heteroatoms. The highest BCUT2D eigenvalue weighted by Crippen LogP contribution is 2.51. The van der Waals surface area contributed by atoms with Gasteiger partial charge in [0.15, 0.2) is 0 Å². The van der Waals surface area contributed by atoms with Crippen LogP contribution in [0.4, 0.5) is 5.69 Å². The summed E-state index contributed by atoms with van der Waals surface area (Å²) in [5, 5.41) is 13.8. The van der Waals surface area contributed by atoms with Crippen molar-refractivity contribution in [1.29, 1.82) is 0 Å². The van der Waals surface area contributed by atoms with E-state index in [0.29, 0.717) is 11.5 Å². The van der Waals surface area contributed by atoms with E-state index in [1.54, 1.807) is 12.1 Å². The number of allylic oxidation sites excluding steroid dienone is 2. The molecule has 0 radical (unpaired) electrons. The molecule has 122 valence electrons. The van der Waals surface area contributed by atoms with Crippen molar-refractivity contribution in [3.05, 3.63) is 71.3 Å². The second-order valence-electron chi connectivity index (χ2n) is 6.30. The van der Waals surface area contributed by atoms with Gasteiger partial charge < -0.3 is 15.2 Å². The molecule has 4 rings (SSSR count). The van der Waals surface area contributed by atoms with Gasteiger partial charge in [-0.1, -0.05) is 42.5 Å². The van der Waals surface area contributed by atoms with Gasteiger partial charge >= 0.3 is 5.97 Å². The average molecular weight is 321 g/mol. The Labute approximate surface area is 140 Å². The van der Waals surface area contributed by atoms with Gasteiger partial charge in [-0.2, -0.15) is 0 Å². The van der Waals surface area contributed by atoms with E-state index in [0.717, 1.165) is 23.2 Å². The van der Waals surface area contributed by atoms with E-state index in [2.05, 4.69) is 23.5 Å². The standard InChI is InChI=1S/C20H19NO3/c1-24-20(23)16-10-5-9-14-12-7-4-8-13(12)18(21-19(14)16)15-6-2-3-11-17(15)22/h2-7,9-13,18,21-22H,8H2,1H3. The third-order valence-electron chi connectivity index (χ3n) is 5.07. The van der Waals surface area contributed by atoms with Gasteiger partial charge in [0, 0.05) is 11.5 Å². The van der Waals surface area contributed by atoms with Crippen LogP contribution in [-0.4, -0.2) is 18.2 Å². The Kier molecular flexibility index (Phi) is 3.53. The quantitative estimate of drug-likeness (QED) is 0.648. The lowest BCUT2D eigenvalue weighted by atomic mass is 9.76. The van der Waals surface area contributed by atoms with Crippen molar-refractivity contribution < 1.29 is 14.6 Å². The van der Waals surface area contributed by atoms with Crippen LogP contribution in [0.3, 0.4) is 0 Å². The number of para-hydroxylation sites is 2. The van der Waals surface area contributed by atoms with Crippen molar-refractivity contribution in [2.45, 2.75) is 18.4 Å². The van der Waals surface area contributed by atoms with Crippen LogP contribution in [-0.2, 0) is 4.74 Å². The first kappa shape index (κ1) is 14.8. The van der Waals surface area contributed by atoms with Crippen LogP contribution in [0.2, 0.25) is 0 Å². The SMILES string of the molecule is COC(=O)c1cccc2c1NC(c1ccccc1O)C1CC=CC21. The number of benzene rings is 2. The lowest BCUT2D eigenvalue weighted by molar-refractivity contribution is 0.0601. The van der Waals surface area contributed by atoms with Crippen molar-refractivity contribution >= 4 is 11.7 Å². The first-order valence-corrected chi connectivity index (χ1v) is 8.13. The largest absolute Gasteiger partial charge is 0.508 e. The lowest BCUT2D eigenvalue weighted by Gasteiger charge is -2.38. The molecule has 2 N–H and O–H groups in total. The predicted octanol–water partition coefficient (Wildman–Crippen LogP) is 4.01. The van der Waals surface area contributed by atoms with Crippen molar-refractivity contribution in [2.75, 3.05) is 12.4 Å². The number of carbonyl (C=O) groups is 1. The normalized spacial score (nSPS) is 24.0. The zero-order valence-corrected chi connectivity index (χ0v) is 13.4. The van der Waals surface area contributed by atoms with Gasteiger partial charge in [0.05, 0.1) is 24.4 Å². The highest BCUT2D eigenvalue weighted by atomic mass is 16.5. The van der Waals surface area contributed by atoms with Crippen molar-refractivity contribution in [3.8, 4) is 5.75 Å². The van der Waals surface area contributed by atoms with Crippen LogP contribution in [0.15, 0.2) is 54.6 Å². The maximum atomic E-state index is 12.2. The number of fused-ring (bicyclic) bond motifs is 3. The summed E-state index contributed by atoms with van der Waals surface area (Å²) in [7, 11) is 1.39. The first-order valence-electron chi connectivity index (χ1n) is 8.13. The van der Waals surface area contributed by atoms with E-state index in [-0.39, 0.29) is 23.7 Å². The van der Waals surface area contributed by atoms with Gasteiger partial charge in [-0.3, -0.25) is 0 Å². The number of hydrogen-bond donors (Lipinski definition) is 2. The number of esters is 1. The van der Waals surface area contributed by atoms with E-state index >= 15 is 0 Å². The molecule has 2 aromatic carbocycles. The molecule has 0 bridgehead atoms. The Morgan fingerprint density at radius 1 is 1.17 bits per heavy atom. The predicted molar refractivity (Wildman–Crippen MR) is 92.2 cm³/mol.